The van der Waals surface area contributed by atoms with E-state index in [0.29, 0.717) is 5.57 Å². The summed E-state index contributed by atoms with van der Waals surface area (Å²) in [5.74, 6) is -0.373. The minimum Gasteiger partial charge on any atom is -0.433 e. The van der Waals surface area contributed by atoms with Gasteiger partial charge in [-0.2, -0.15) is 0 Å². The Hall–Kier alpha value is -0.830. The first kappa shape index (κ1) is 12.2. The third-order valence-electron chi connectivity index (χ3n) is 2.82. The number of carbonyl (C=O) groups is 1. The molecule has 1 aliphatic carbocycles. The predicted molar refractivity (Wildman–Crippen MR) is 58.2 cm³/mol. The van der Waals surface area contributed by atoms with E-state index in [9.17, 15) is 4.79 Å². The maximum absolute atomic E-state index is 11.5. The Morgan fingerprint density at radius 1 is 1.27 bits per heavy atom. The fraction of sp³-hybridized carbons (Fsp3) is 0.750. The normalized spacial score (nSPS) is 19.3. The lowest BCUT2D eigenvalue weighted by molar-refractivity contribution is -0.159. The van der Waals surface area contributed by atoms with Crippen molar-refractivity contribution >= 4 is 5.97 Å². The number of allylic oxidation sites excluding steroid dienone is 1. The lowest BCUT2D eigenvalue weighted by Gasteiger charge is -2.11. The van der Waals surface area contributed by atoms with Crippen LogP contribution in [0.2, 0.25) is 0 Å². The van der Waals surface area contributed by atoms with Crippen molar-refractivity contribution < 1.29 is 14.6 Å². The van der Waals surface area contributed by atoms with E-state index in [1.165, 1.54) is 25.3 Å². The van der Waals surface area contributed by atoms with Gasteiger partial charge in [-0.1, -0.05) is 18.4 Å². The van der Waals surface area contributed by atoms with Crippen LogP contribution in [-0.4, -0.2) is 17.4 Å². The Morgan fingerprint density at radius 3 is 2.27 bits per heavy atom. The van der Waals surface area contributed by atoms with E-state index in [0.717, 1.165) is 25.7 Å². The quantitative estimate of drug-likeness (QED) is 0.331. The first-order valence-electron chi connectivity index (χ1n) is 5.69. The third kappa shape index (κ3) is 4.04. The Bertz CT molecular complexity index is 244. The molecule has 1 saturated carbocycles. The van der Waals surface area contributed by atoms with Crippen LogP contribution in [0.15, 0.2) is 11.1 Å². The van der Waals surface area contributed by atoms with Gasteiger partial charge in [0.2, 0.25) is 0 Å². The third-order valence-corrected chi connectivity index (χ3v) is 2.82. The molecule has 3 nitrogen and oxygen atoms in total. The van der Waals surface area contributed by atoms with Gasteiger partial charge in [-0.3, -0.25) is 0 Å². The topological polar surface area (TPSA) is 46.5 Å². The summed E-state index contributed by atoms with van der Waals surface area (Å²) < 4.78 is 4.76. The summed E-state index contributed by atoms with van der Waals surface area (Å²) in [6, 6.07) is 0. The van der Waals surface area contributed by atoms with Gasteiger partial charge in [0.15, 0.2) is 6.29 Å². The minimum atomic E-state index is -1.01. The number of rotatable bonds is 2. The number of hydrogen-bond acceptors (Lipinski definition) is 3. The highest BCUT2D eigenvalue weighted by atomic mass is 16.6. The van der Waals surface area contributed by atoms with Crippen LogP contribution in [0, 0.1) is 0 Å². The number of hydrogen-bond donors (Lipinski definition) is 1. The van der Waals surface area contributed by atoms with Gasteiger partial charge in [-0.25, -0.2) is 4.79 Å². The minimum absolute atomic E-state index is 0.373. The van der Waals surface area contributed by atoms with E-state index in [1.54, 1.807) is 6.92 Å². The highest BCUT2D eigenvalue weighted by molar-refractivity contribution is 5.88. The van der Waals surface area contributed by atoms with Gasteiger partial charge < -0.3 is 9.84 Å². The fourth-order valence-electron chi connectivity index (χ4n) is 1.92. The van der Waals surface area contributed by atoms with E-state index < -0.39 is 6.29 Å². The van der Waals surface area contributed by atoms with Crippen LogP contribution in [0.25, 0.3) is 0 Å². The van der Waals surface area contributed by atoms with E-state index in [4.69, 9.17) is 9.84 Å². The van der Waals surface area contributed by atoms with Crippen molar-refractivity contribution in [2.45, 2.75) is 58.7 Å². The maximum atomic E-state index is 11.5. The van der Waals surface area contributed by atoms with Crippen molar-refractivity contribution in [3.05, 3.63) is 11.1 Å². The van der Waals surface area contributed by atoms with Crippen LogP contribution in [0.4, 0.5) is 0 Å². The number of carbonyl (C=O) groups excluding carboxylic acids is 1. The zero-order chi connectivity index (χ0) is 11.3. The fourth-order valence-corrected chi connectivity index (χ4v) is 1.92. The average Bonchev–Trinajstić information content (AvgIpc) is 2.43. The monoisotopic (exact) mass is 212 g/mol. The summed E-state index contributed by atoms with van der Waals surface area (Å²) >= 11 is 0. The van der Waals surface area contributed by atoms with Gasteiger partial charge in [-0.15, -0.1) is 0 Å². The molecule has 1 atom stereocenters. The second kappa shape index (κ2) is 5.91. The van der Waals surface area contributed by atoms with Crippen molar-refractivity contribution in [2.75, 3.05) is 0 Å². The van der Waals surface area contributed by atoms with E-state index in [-0.39, 0.29) is 5.97 Å². The molecule has 0 heterocycles. The molecule has 0 amide bonds. The molecule has 86 valence electrons. The lowest BCUT2D eigenvalue weighted by atomic mass is 10.0. The van der Waals surface area contributed by atoms with Crippen molar-refractivity contribution in [2.24, 2.45) is 0 Å². The maximum Gasteiger partial charge on any atom is 0.335 e. The van der Waals surface area contributed by atoms with Gasteiger partial charge in [-0.05, 0) is 39.5 Å². The van der Waals surface area contributed by atoms with E-state index >= 15 is 0 Å². The molecule has 0 radical (unpaired) electrons. The number of ether oxygens (including phenoxy) is 1. The number of aliphatic hydroxyl groups excluding tert-OH is 1. The molecule has 0 aromatic rings. The number of esters is 1. The zero-order valence-corrected chi connectivity index (χ0v) is 9.58. The van der Waals surface area contributed by atoms with Crippen LogP contribution in [0.5, 0.6) is 0 Å². The second-order valence-corrected chi connectivity index (χ2v) is 4.15. The molecule has 0 aromatic carbocycles. The lowest BCUT2D eigenvalue weighted by Crippen LogP contribution is -2.15. The van der Waals surface area contributed by atoms with Gasteiger partial charge in [0.05, 0.1) is 0 Å². The highest BCUT2D eigenvalue weighted by Crippen LogP contribution is 2.25. The standard InChI is InChI=1S/C12H20O3/c1-9(12(14)15-10(2)13)11-7-5-3-4-6-8-11/h10,13H,3-8H2,1-2H3. The SMILES string of the molecule is CC(C(=O)OC(C)O)=C1CCCCCC1. The summed E-state index contributed by atoms with van der Waals surface area (Å²) in [5.41, 5.74) is 1.90. The summed E-state index contributed by atoms with van der Waals surface area (Å²) in [7, 11) is 0. The Morgan fingerprint density at radius 2 is 1.80 bits per heavy atom. The van der Waals surface area contributed by atoms with Crippen LogP contribution in [0.1, 0.15) is 52.4 Å². The molecule has 1 fully saturated rings. The van der Waals surface area contributed by atoms with Crippen LogP contribution in [0.3, 0.4) is 0 Å². The molecule has 0 spiro atoms. The molecule has 15 heavy (non-hydrogen) atoms. The molecular formula is C12H20O3. The molecule has 1 rings (SSSR count). The van der Waals surface area contributed by atoms with Gasteiger partial charge in [0, 0.05) is 5.57 Å². The summed E-state index contributed by atoms with van der Waals surface area (Å²) in [4.78, 5) is 11.5. The first-order chi connectivity index (χ1) is 7.11. The molecule has 0 aliphatic heterocycles. The van der Waals surface area contributed by atoms with Crippen LogP contribution >= 0.6 is 0 Å². The van der Waals surface area contributed by atoms with Gasteiger partial charge >= 0.3 is 5.97 Å². The van der Waals surface area contributed by atoms with E-state index in [1.807, 2.05) is 0 Å². The molecular weight excluding hydrogens is 192 g/mol. The Labute approximate surface area is 91.1 Å². The van der Waals surface area contributed by atoms with Crippen molar-refractivity contribution in [3.63, 3.8) is 0 Å². The Balaban J connectivity index is 2.64. The van der Waals surface area contributed by atoms with Gasteiger partial charge in [0.1, 0.15) is 0 Å². The predicted octanol–water partition coefficient (Wildman–Crippen LogP) is 2.54. The highest BCUT2D eigenvalue weighted by Gasteiger charge is 2.15. The Kier molecular flexibility index (Phi) is 4.82. The summed E-state index contributed by atoms with van der Waals surface area (Å²) in [5, 5.41) is 8.96. The van der Waals surface area contributed by atoms with Crippen LogP contribution < -0.4 is 0 Å². The molecule has 0 aromatic heterocycles. The van der Waals surface area contributed by atoms with Crippen molar-refractivity contribution in [1.29, 1.82) is 0 Å². The van der Waals surface area contributed by atoms with Crippen molar-refractivity contribution in [3.8, 4) is 0 Å². The molecule has 0 saturated heterocycles. The van der Waals surface area contributed by atoms with Crippen molar-refractivity contribution in [1.82, 2.24) is 0 Å². The molecule has 1 aliphatic rings. The second-order valence-electron chi connectivity index (χ2n) is 4.15. The summed E-state index contributed by atoms with van der Waals surface area (Å²) in [6.45, 7) is 3.24. The molecule has 1 N–H and O–H groups in total. The van der Waals surface area contributed by atoms with Crippen LogP contribution in [-0.2, 0) is 9.53 Å². The molecule has 3 heteroatoms. The van der Waals surface area contributed by atoms with E-state index in [2.05, 4.69) is 0 Å². The zero-order valence-electron chi connectivity index (χ0n) is 9.58. The average molecular weight is 212 g/mol. The summed E-state index contributed by atoms with van der Waals surface area (Å²) in [6.07, 6.45) is 5.81. The van der Waals surface area contributed by atoms with Gasteiger partial charge in [0.25, 0.3) is 0 Å². The largest absolute Gasteiger partial charge is 0.433 e. The number of aliphatic hydroxyl groups is 1. The molecule has 1 unspecified atom stereocenters. The first-order valence-corrected chi connectivity index (χ1v) is 5.69. The molecule has 0 bridgehead atoms. The smallest absolute Gasteiger partial charge is 0.335 e.